The highest BCUT2D eigenvalue weighted by atomic mass is 79.9. The topological polar surface area (TPSA) is 75.7 Å². The van der Waals surface area contributed by atoms with E-state index in [1.807, 2.05) is 13.8 Å². The molecule has 1 aromatic heterocycles. The number of carbonyl (C=O) groups is 1. The van der Waals surface area contributed by atoms with Gasteiger partial charge >= 0.3 is 0 Å². The maximum Gasteiger partial charge on any atom is 0.252 e. The van der Waals surface area contributed by atoms with Crippen LogP contribution in [-0.4, -0.2) is 51.5 Å². The van der Waals surface area contributed by atoms with Crippen molar-refractivity contribution in [3.8, 4) is 0 Å². The number of nitrogens with one attached hydrogen (secondary N) is 1. The number of piperidine rings is 1. The number of halogens is 1. The Morgan fingerprint density at radius 3 is 2.69 bits per heavy atom. The number of hydrogen-bond donors (Lipinski definition) is 1. The molecule has 1 aliphatic rings. The van der Waals surface area contributed by atoms with Crippen molar-refractivity contribution in [2.75, 3.05) is 32.8 Å². The lowest BCUT2D eigenvalue weighted by atomic mass is 9.85. The van der Waals surface area contributed by atoms with Gasteiger partial charge in [0, 0.05) is 38.8 Å². The van der Waals surface area contributed by atoms with Gasteiger partial charge in [0.05, 0.1) is 3.79 Å². The van der Waals surface area contributed by atoms with Crippen LogP contribution in [0.3, 0.4) is 0 Å². The van der Waals surface area contributed by atoms with E-state index >= 15 is 0 Å². The first-order valence-electron chi connectivity index (χ1n) is 8.97. The summed E-state index contributed by atoms with van der Waals surface area (Å²) in [4.78, 5) is 12.3. The van der Waals surface area contributed by atoms with E-state index in [0.717, 1.165) is 10.2 Å². The molecule has 1 fully saturated rings. The molecule has 0 bridgehead atoms. The first kappa shape index (κ1) is 21.8. The fraction of sp³-hybridized carbons (Fsp3) is 0.706. The Morgan fingerprint density at radius 2 is 2.12 bits per heavy atom. The van der Waals surface area contributed by atoms with E-state index in [4.69, 9.17) is 4.74 Å². The van der Waals surface area contributed by atoms with E-state index in [0.29, 0.717) is 49.9 Å². The molecule has 0 aliphatic carbocycles. The molecule has 0 radical (unpaired) electrons. The molecule has 1 N–H and O–H groups in total. The predicted molar refractivity (Wildman–Crippen MR) is 107 cm³/mol. The third-order valence-electron chi connectivity index (χ3n) is 4.73. The minimum atomic E-state index is -3.43. The maximum absolute atomic E-state index is 12.7. The van der Waals surface area contributed by atoms with Crippen LogP contribution in [0.25, 0.3) is 0 Å². The smallest absolute Gasteiger partial charge is 0.252 e. The number of sulfonamides is 1. The van der Waals surface area contributed by atoms with Crippen molar-refractivity contribution in [3.05, 3.63) is 15.9 Å². The quantitative estimate of drug-likeness (QED) is 0.567. The van der Waals surface area contributed by atoms with Crippen molar-refractivity contribution in [1.82, 2.24) is 9.62 Å². The van der Waals surface area contributed by atoms with Crippen molar-refractivity contribution in [2.45, 2.75) is 37.3 Å². The summed E-state index contributed by atoms with van der Waals surface area (Å²) >= 11 is 4.54. The Bertz CT molecular complexity index is 685. The van der Waals surface area contributed by atoms with Crippen molar-refractivity contribution in [2.24, 2.45) is 11.8 Å². The van der Waals surface area contributed by atoms with Crippen LogP contribution >= 0.6 is 27.3 Å². The largest absolute Gasteiger partial charge is 0.382 e. The lowest BCUT2D eigenvalue weighted by Crippen LogP contribution is -2.42. The molecule has 0 saturated carbocycles. The molecule has 148 valence electrons. The summed E-state index contributed by atoms with van der Waals surface area (Å²) in [6, 6.07) is 3.39. The lowest BCUT2D eigenvalue weighted by Gasteiger charge is -2.33. The molecule has 6 nitrogen and oxygen atoms in total. The van der Waals surface area contributed by atoms with Gasteiger partial charge in [0.2, 0.25) is 5.91 Å². The normalized spacial score (nSPS) is 18.0. The minimum absolute atomic E-state index is 0.0463. The average Bonchev–Trinajstić information content (AvgIpc) is 3.08. The van der Waals surface area contributed by atoms with Gasteiger partial charge < -0.3 is 10.1 Å². The molecule has 0 spiro atoms. The molecule has 1 atom stereocenters. The molecule has 1 aliphatic heterocycles. The second-order valence-electron chi connectivity index (χ2n) is 6.43. The third-order valence-corrected chi connectivity index (χ3v) is 8.72. The Hall–Kier alpha value is -0.480. The molecule has 0 aromatic carbocycles. The zero-order valence-corrected chi connectivity index (χ0v) is 18.5. The molecular formula is C17H27BrN2O4S2. The number of carbonyl (C=O) groups excluding carboxylic acids is 1. The van der Waals surface area contributed by atoms with Crippen LogP contribution in [-0.2, 0) is 19.6 Å². The van der Waals surface area contributed by atoms with Gasteiger partial charge in [0.15, 0.2) is 0 Å². The monoisotopic (exact) mass is 466 g/mol. The second-order valence-corrected chi connectivity index (χ2v) is 11.1. The fourth-order valence-corrected chi connectivity index (χ4v) is 6.72. The van der Waals surface area contributed by atoms with Crippen LogP contribution in [0.4, 0.5) is 0 Å². The van der Waals surface area contributed by atoms with E-state index in [1.165, 1.54) is 15.6 Å². The van der Waals surface area contributed by atoms with Crippen molar-refractivity contribution >= 4 is 43.2 Å². The number of amides is 1. The molecular weight excluding hydrogens is 440 g/mol. The molecule has 2 rings (SSSR count). The van der Waals surface area contributed by atoms with Gasteiger partial charge in [-0.25, -0.2) is 8.42 Å². The van der Waals surface area contributed by atoms with Crippen LogP contribution in [0, 0.1) is 11.8 Å². The lowest BCUT2D eigenvalue weighted by molar-refractivity contribution is -0.126. The van der Waals surface area contributed by atoms with E-state index in [2.05, 4.69) is 21.2 Å². The Balaban J connectivity index is 1.81. The second kappa shape index (κ2) is 10.2. The Kier molecular flexibility index (Phi) is 8.53. The number of rotatable bonds is 9. The molecule has 1 saturated heterocycles. The van der Waals surface area contributed by atoms with Crippen molar-refractivity contribution in [1.29, 1.82) is 0 Å². The van der Waals surface area contributed by atoms with Crippen LogP contribution in [0.5, 0.6) is 0 Å². The van der Waals surface area contributed by atoms with Crippen LogP contribution in [0.1, 0.15) is 33.1 Å². The number of ether oxygens (including phenoxy) is 1. The Labute approximate surface area is 168 Å². The molecule has 1 amide bonds. The van der Waals surface area contributed by atoms with Gasteiger partial charge in [-0.1, -0.05) is 6.92 Å². The maximum atomic E-state index is 12.7. The summed E-state index contributed by atoms with van der Waals surface area (Å²) in [5.41, 5.74) is 0. The van der Waals surface area contributed by atoms with Crippen LogP contribution < -0.4 is 5.32 Å². The average molecular weight is 467 g/mol. The molecule has 26 heavy (non-hydrogen) atoms. The summed E-state index contributed by atoms with van der Waals surface area (Å²) < 4.78 is 33.3. The van der Waals surface area contributed by atoms with E-state index in [1.54, 1.807) is 12.1 Å². The SMILES string of the molecule is CCOCCCNC(=O)[C@H](C)C1CCN(S(=O)(=O)c2ccc(Br)s2)CC1. The van der Waals surface area contributed by atoms with Gasteiger partial charge in [-0.3, -0.25) is 4.79 Å². The highest BCUT2D eigenvalue weighted by Crippen LogP contribution is 2.32. The zero-order valence-electron chi connectivity index (χ0n) is 15.2. The van der Waals surface area contributed by atoms with E-state index in [9.17, 15) is 13.2 Å². The van der Waals surface area contributed by atoms with E-state index < -0.39 is 10.0 Å². The fourth-order valence-electron chi connectivity index (χ4n) is 3.08. The van der Waals surface area contributed by atoms with Gasteiger partial charge in [-0.2, -0.15) is 4.31 Å². The molecule has 1 aromatic rings. The van der Waals surface area contributed by atoms with Crippen molar-refractivity contribution in [3.63, 3.8) is 0 Å². The van der Waals surface area contributed by atoms with E-state index in [-0.39, 0.29) is 17.7 Å². The van der Waals surface area contributed by atoms with Gasteiger partial charge in [0.25, 0.3) is 10.0 Å². The van der Waals surface area contributed by atoms with Gasteiger partial charge in [-0.15, -0.1) is 11.3 Å². The summed E-state index contributed by atoms with van der Waals surface area (Å²) in [6.45, 7) is 6.76. The first-order valence-corrected chi connectivity index (χ1v) is 12.0. The number of thiophene rings is 1. The van der Waals surface area contributed by atoms with Gasteiger partial charge in [0.1, 0.15) is 4.21 Å². The van der Waals surface area contributed by atoms with Gasteiger partial charge in [-0.05, 0) is 60.2 Å². The molecule has 0 unspecified atom stereocenters. The molecule has 2 heterocycles. The first-order chi connectivity index (χ1) is 12.4. The number of nitrogens with zero attached hydrogens (tertiary/aromatic N) is 1. The summed E-state index contributed by atoms with van der Waals surface area (Å²) in [7, 11) is -3.43. The zero-order chi connectivity index (χ0) is 19.2. The summed E-state index contributed by atoms with van der Waals surface area (Å²) in [5.74, 6) is 0.149. The van der Waals surface area contributed by atoms with Crippen molar-refractivity contribution < 1.29 is 17.9 Å². The minimum Gasteiger partial charge on any atom is -0.382 e. The summed E-state index contributed by atoms with van der Waals surface area (Å²) in [5, 5.41) is 2.95. The molecule has 9 heteroatoms. The third kappa shape index (κ3) is 5.76. The number of hydrogen-bond acceptors (Lipinski definition) is 5. The predicted octanol–water partition coefficient (Wildman–Crippen LogP) is 3.09. The Morgan fingerprint density at radius 1 is 1.42 bits per heavy atom. The van der Waals surface area contributed by atoms with Crippen LogP contribution in [0.15, 0.2) is 20.1 Å². The highest BCUT2D eigenvalue weighted by molar-refractivity contribution is 9.11. The highest BCUT2D eigenvalue weighted by Gasteiger charge is 2.33. The summed E-state index contributed by atoms with van der Waals surface area (Å²) in [6.07, 6.45) is 2.22. The standard InChI is InChI=1S/C17H27BrN2O4S2/c1-3-24-12-4-9-19-17(21)13(2)14-7-10-20(11-8-14)26(22,23)16-6-5-15(18)25-16/h5-6,13-14H,3-4,7-12H2,1-2H3,(H,19,21)/t13-/m1/s1. The van der Waals surface area contributed by atoms with Crippen LogP contribution in [0.2, 0.25) is 0 Å².